The SMILES string of the molecule is C=CCn1c(SCC(=O)N2CCC(c3ccccc3)=N2)nc2cc(Cl)ccc2c1=O. The molecular formula is C22H19ClN4O2S. The van der Waals surface area contributed by atoms with Crippen LogP contribution in [0.3, 0.4) is 0 Å². The molecule has 2 heterocycles. The molecule has 6 nitrogen and oxygen atoms in total. The lowest BCUT2D eigenvalue weighted by molar-refractivity contribution is -0.127. The molecule has 1 aliphatic rings. The van der Waals surface area contributed by atoms with Gasteiger partial charge in [0.05, 0.1) is 28.9 Å². The van der Waals surface area contributed by atoms with E-state index in [2.05, 4.69) is 16.7 Å². The summed E-state index contributed by atoms with van der Waals surface area (Å²) in [5.74, 6) is -0.00200. The molecule has 0 saturated heterocycles. The smallest absolute Gasteiger partial charge is 0.262 e. The van der Waals surface area contributed by atoms with Crippen molar-refractivity contribution in [2.24, 2.45) is 5.10 Å². The van der Waals surface area contributed by atoms with Crippen molar-refractivity contribution in [2.75, 3.05) is 12.3 Å². The molecule has 8 heteroatoms. The highest BCUT2D eigenvalue weighted by atomic mass is 35.5. The lowest BCUT2D eigenvalue weighted by Gasteiger charge is -2.13. The molecule has 0 spiro atoms. The van der Waals surface area contributed by atoms with E-state index in [1.807, 2.05) is 30.3 Å². The molecule has 0 fully saturated rings. The normalized spacial score (nSPS) is 13.5. The number of carbonyl (C=O) groups is 1. The molecule has 152 valence electrons. The zero-order chi connectivity index (χ0) is 21.1. The molecule has 4 rings (SSSR count). The van der Waals surface area contributed by atoms with Gasteiger partial charge in [-0.3, -0.25) is 14.2 Å². The van der Waals surface area contributed by atoms with E-state index in [1.54, 1.807) is 24.3 Å². The van der Waals surface area contributed by atoms with Crippen molar-refractivity contribution >= 4 is 45.9 Å². The first-order chi connectivity index (χ1) is 14.6. The van der Waals surface area contributed by atoms with Crippen molar-refractivity contribution in [3.63, 3.8) is 0 Å². The van der Waals surface area contributed by atoms with Gasteiger partial charge in [-0.2, -0.15) is 5.10 Å². The average Bonchev–Trinajstić information content (AvgIpc) is 3.25. The Morgan fingerprint density at radius 3 is 2.80 bits per heavy atom. The number of hydrazone groups is 1. The van der Waals surface area contributed by atoms with Crippen LogP contribution in [0, 0.1) is 0 Å². The first kappa shape index (κ1) is 20.4. The number of nitrogens with zero attached hydrogens (tertiary/aromatic N) is 4. The zero-order valence-electron chi connectivity index (χ0n) is 16.1. The van der Waals surface area contributed by atoms with E-state index in [4.69, 9.17) is 11.6 Å². The molecule has 3 aromatic rings. The summed E-state index contributed by atoms with van der Waals surface area (Å²) in [5, 5.41) is 7.40. The first-order valence-corrected chi connectivity index (χ1v) is 10.8. The first-order valence-electron chi connectivity index (χ1n) is 9.44. The van der Waals surface area contributed by atoms with Gasteiger partial charge in [-0.05, 0) is 23.8 Å². The van der Waals surface area contributed by atoms with Crippen LogP contribution in [0.15, 0.2) is 76.2 Å². The highest BCUT2D eigenvalue weighted by molar-refractivity contribution is 7.99. The third-order valence-corrected chi connectivity index (χ3v) is 5.91. The standard InChI is InChI=1S/C22H19ClN4O2S/c1-2-11-26-21(29)17-9-8-16(23)13-19(17)24-22(26)30-14-20(28)27-12-10-18(25-27)15-6-4-3-5-7-15/h2-9,13H,1,10-12,14H2. The number of hydrogen-bond donors (Lipinski definition) is 0. The Morgan fingerprint density at radius 2 is 2.03 bits per heavy atom. The van der Waals surface area contributed by atoms with E-state index in [0.29, 0.717) is 40.6 Å². The largest absolute Gasteiger partial charge is 0.283 e. The number of carbonyl (C=O) groups excluding carboxylic acids is 1. The van der Waals surface area contributed by atoms with Crippen LogP contribution < -0.4 is 5.56 Å². The molecule has 0 aliphatic carbocycles. The monoisotopic (exact) mass is 438 g/mol. The van der Waals surface area contributed by atoms with E-state index >= 15 is 0 Å². The van der Waals surface area contributed by atoms with E-state index < -0.39 is 0 Å². The van der Waals surface area contributed by atoms with Crippen molar-refractivity contribution in [2.45, 2.75) is 18.1 Å². The van der Waals surface area contributed by atoms with Gasteiger partial charge in [0.1, 0.15) is 0 Å². The van der Waals surface area contributed by atoms with E-state index in [9.17, 15) is 9.59 Å². The van der Waals surface area contributed by atoms with Crippen LogP contribution in [-0.4, -0.2) is 38.5 Å². The van der Waals surface area contributed by atoms with Gasteiger partial charge in [-0.1, -0.05) is 59.8 Å². The number of hydrogen-bond acceptors (Lipinski definition) is 5. The van der Waals surface area contributed by atoms with Gasteiger partial charge in [-0.25, -0.2) is 9.99 Å². The van der Waals surface area contributed by atoms with Crippen molar-refractivity contribution in [1.29, 1.82) is 0 Å². The van der Waals surface area contributed by atoms with E-state index in [-0.39, 0.29) is 17.2 Å². The average molecular weight is 439 g/mol. The molecule has 0 radical (unpaired) electrons. The lowest BCUT2D eigenvalue weighted by atomic mass is 10.1. The van der Waals surface area contributed by atoms with Crippen LogP contribution in [0.2, 0.25) is 5.02 Å². The Balaban J connectivity index is 1.55. The second kappa shape index (κ2) is 8.85. The molecule has 0 unspecified atom stereocenters. The maximum absolute atomic E-state index is 12.9. The molecule has 0 bridgehead atoms. The summed E-state index contributed by atoms with van der Waals surface area (Å²) in [6.45, 7) is 4.57. The molecule has 1 aliphatic heterocycles. The maximum Gasteiger partial charge on any atom is 0.262 e. The number of halogens is 1. The fourth-order valence-corrected chi connectivity index (χ4v) is 4.29. The quantitative estimate of drug-likeness (QED) is 0.332. The number of aromatic nitrogens is 2. The molecule has 2 aromatic carbocycles. The summed E-state index contributed by atoms with van der Waals surface area (Å²) in [6.07, 6.45) is 2.35. The Bertz CT molecular complexity index is 1210. The highest BCUT2D eigenvalue weighted by Crippen LogP contribution is 2.22. The summed E-state index contributed by atoms with van der Waals surface area (Å²) < 4.78 is 1.52. The topological polar surface area (TPSA) is 67.6 Å². The van der Waals surface area contributed by atoms with Gasteiger partial charge >= 0.3 is 0 Å². The van der Waals surface area contributed by atoms with Crippen LogP contribution in [-0.2, 0) is 11.3 Å². The van der Waals surface area contributed by atoms with Gasteiger partial charge in [0.15, 0.2) is 5.16 Å². The number of amides is 1. The molecule has 0 atom stereocenters. The molecule has 1 aromatic heterocycles. The highest BCUT2D eigenvalue weighted by Gasteiger charge is 2.22. The van der Waals surface area contributed by atoms with E-state index in [1.165, 1.54) is 21.3 Å². The summed E-state index contributed by atoms with van der Waals surface area (Å²) >= 11 is 7.27. The van der Waals surface area contributed by atoms with Crippen molar-refractivity contribution in [3.05, 3.63) is 82.1 Å². The second-order valence-corrected chi connectivity index (χ2v) is 8.11. The summed E-state index contributed by atoms with van der Waals surface area (Å²) in [5.41, 5.74) is 2.25. The minimum absolute atomic E-state index is 0.126. The fourth-order valence-electron chi connectivity index (χ4n) is 3.25. The Morgan fingerprint density at radius 1 is 1.23 bits per heavy atom. The van der Waals surface area contributed by atoms with Crippen LogP contribution >= 0.6 is 23.4 Å². The van der Waals surface area contributed by atoms with Gasteiger partial charge in [0.25, 0.3) is 11.5 Å². The molecular weight excluding hydrogens is 420 g/mol. The second-order valence-electron chi connectivity index (χ2n) is 6.73. The number of benzene rings is 2. The van der Waals surface area contributed by atoms with Crippen molar-refractivity contribution in [1.82, 2.24) is 14.6 Å². The van der Waals surface area contributed by atoms with Crippen LogP contribution in [0.1, 0.15) is 12.0 Å². The minimum atomic E-state index is -0.183. The molecule has 30 heavy (non-hydrogen) atoms. The third kappa shape index (κ3) is 4.17. The fraction of sp³-hybridized carbons (Fsp3) is 0.182. The third-order valence-electron chi connectivity index (χ3n) is 4.72. The molecule has 0 saturated carbocycles. The Labute approximate surface area is 182 Å². The zero-order valence-corrected chi connectivity index (χ0v) is 17.7. The predicted molar refractivity (Wildman–Crippen MR) is 121 cm³/mol. The van der Waals surface area contributed by atoms with Gasteiger partial charge in [-0.15, -0.1) is 6.58 Å². The Hall–Kier alpha value is -2.90. The summed E-state index contributed by atoms with van der Waals surface area (Å²) in [4.78, 5) is 30.1. The van der Waals surface area contributed by atoms with Crippen LogP contribution in [0.4, 0.5) is 0 Å². The molecule has 1 amide bonds. The van der Waals surface area contributed by atoms with E-state index in [0.717, 1.165) is 11.3 Å². The number of fused-ring (bicyclic) bond motifs is 1. The molecule has 0 N–H and O–H groups in total. The van der Waals surface area contributed by atoms with Gasteiger partial charge < -0.3 is 0 Å². The predicted octanol–water partition coefficient (Wildman–Crippen LogP) is 3.96. The van der Waals surface area contributed by atoms with Crippen molar-refractivity contribution < 1.29 is 4.79 Å². The van der Waals surface area contributed by atoms with Crippen LogP contribution in [0.25, 0.3) is 10.9 Å². The van der Waals surface area contributed by atoms with Gasteiger partial charge in [0.2, 0.25) is 0 Å². The Kier molecular flexibility index (Phi) is 6.01. The number of allylic oxidation sites excluding steroid dienone is 1. The van der Waals surface area contributed by atoms with Crippen LogP contribution in [0.5, 0.6) is 0 Å². The maximum atomic E-state index is 12.9. The van der Waals surface area contributed by atoms with Gasteiger partial charge in [0, 0.05) is 18.0 Å². The lowest BCUT2D eigenvalue weighted by Crippen LogP contribution is -2.27. The number of thioether (sulfide) groups is 1. The minimum Gasteiger partial charge on any atom is -0.283 e. The number of rotatable bonds is 6. The summed E-state index contributed by atoms with van der Waals surface area (Å²) in [6, 6.07) is 14.8. The van der Waals surface area contributed by atoms with Crippen molar-refractivity contribution in [3.8, 4) is 0 Å². The summed E-state index contributed by atoms with van der Waals surface area (Å²) in [7, 11) is 0.